The van der Waals surface area contributed by atoms with Crippen molar-refractivity contribution in [1.29, 1.82) is 0 Å². The largest absolute Gasteiger partial charge is 0.360 e. The van der Waals surface area contributed by atoms with Gasteiger partial charge in [-0.15, -0.1) is 0 Å². The molecule has 0 saturated carbocycles. The Morgan fingerprint density at radius 1 is 1.40 bits per heavy atom. The smallest absolute Gasteiger partial charge is 0.204 e. The Morgan fingerprint density at radius 2 is 2.07 bits per heavy atom. The maximum atomic E-state index is 13.4. The molecule has 0 unspecified atom stereocenters. The molecule has 0 bridgehead atoms. The second kappa shape index (κ2) is 3.92. The topological polar surface area (TPSA) is 32.9 Å². The maximum absolute atomic E-state index is 13.4. The van der Waals surface area contributed by atoms with Crippen LogP contribution in [0.3, 0.4) is 0 Å². The molecule has 15 heavy (non-hydrogen) atoms. The normalized spacial score (nSPS) is 10.9. The minimum Gasteiger partial charge on any atom is -0.360 e. The van der Waals surface area contributed by atoms with Gasteiger partial charge in [-0.2, -0.15) is 0 Å². The third-order valence-corrected chi connectivity index (χ3v) is 3.39. The van der Waals surface area contributed by atoms with Crippen LogP contribution >= 0.6 is 45.8 Å². The second-order valence-corrected chi connectivity index (χ2v) is 4.82. The SMILES string of the molecule is O=c1c(I)c[nH]c2cc(Cl)c(F)c(Cl)c12. The van der Waals surface area contributed by atoms with Crippen LogP contribution in [0.1, 0.15) is 0 Å². The summed E-state index contributed by atoms with van der Waals surface area (Å²) in [5, 5.41) is -0.216. The van der Waals surface area contributed by atoms with Crippen LogP contribution in [0.2, 0.25) is 10.0 Å². The van der Waals surface area contributed by atoms with Gasteiger partial charge in [0, 0.05) is 6.20 Å². The molecule has 1 N–H and O–H groups in total. The molecule has 0 aliphatic heterocycles. The highest BCUT2D eigenvalue weighted by molar-refractivity contribution is 14.1. The zero-order valence-electron chi connectivity index (χ0n) is 7.07. The minimum absolute atomic E-state index is 0.107. The Hall–Kier alpha value is -0.330. The number of pyridine rings is 1. The highest BCUT2D eigenvalue weighted by Gasteiger charge is 2.14. The number of fused-ring (bicyclic) bond motifs is 1. The van der Waals surface area contributed by atoms with Crippen LogP contribution in [-0.4, -0.2) is 4.98 Å². The van der Waals surface area contributed by atoms with Crippen molar-refractivity contribution in [2.24, 2.45) is 0 Å². The van der Waals surface area contributed by atoms with Gasteiger partial charge >= 0.3 is 0 Å². The molecule has 0 atom stereocenters. The lowest BCUT2D eigenvalue weighted by atomic mass is 10.2. The lowest BCUT2D eigenvalue weighted by Gasteiger charge is -2.03. The zero-order valence-corrected chi connectivity index (χ0v) is 10.7. The van der Waals surface area contributed by atoms with Crippen molar-refractivity contribution in [3.8, 4) is 0 Å². The van der Waals surface area contributed by atoms with E-state index in [1.165, 1.54) is 12.3 Å². The molecule has 2 rings (SSSR count). The number of hydrogen-bond acceptors (Lipinski definition) is 1. The molecule has 2 nitrogen and oxygen atoms in total. The summed E-state index contributed by atoms with van der Waals surface area (Å²) in [6, 6.07) is 1.34. The molecule has 1 aromatic heterocycles. The molecule has 1 heterocycles. The van der Waals surface area contributed by atoms with E-state index in [2.05, 4.69) is 4.98 Å². The van der Waals surface area contributed by atoms with Crippen molar-refractivity contribution in [3.63, 3.8) is 0 Å². The fourth-order valence-electron chi connectivity index (χ4n) is 1.26. The average Bonchev–Trinajstić information content (AvgIpc) is 2.20. The third kappa shape index (κ3) is 1.74. The monoisotopic (exact) mass is 357 g/mol. The highest BCUT2D eigenvalue weighted by Crippen LogP contribution is 2.29. The lowest BCUT2D eigenvalue weighted by Crippen LogP contribution is -2.07. The molecule has 0 radical (unpaired) electrons. The standard InChI is InChI=1S/C9H3Cl2FINO/c10-3-1-5-6(7(11)8(3)12)9(15)4(13)2-14-5/h1-2H,(H,14,15). The number of rotatable bonds is 0. The highest BCUT2D eigenvalue weighted by atomic mass is 127. The molecule has 0 amide bonds. The van der Waals surface area contributed by atoms with Gasteiger partial charge in [-0.05, 0) is 28.7 Å². The van der Waals surface area contributed by atoms with Gasteiger partial charge in [-0.25, -0.2) is 4.39 Å². The number of aromatic amines is 1. The van der Waals surface area contributed by atoms with Crippen LogP contribution in [0, 0.1) is 9.39 Å². The Kier molecular flexibility index (Phi) is 2.92. The van der Waals surface area contributed by atoms with Crippen LogP contribution in [0.4, 0.5) is 4.39 Å². The summed E-state index contributed by atoms with van der Waals surface area (Å²) in [4.78, 5) is 14.5. The van der Waals surface area contributed by atoms with Crippen LogP contribution in [0.25, 0.3) is 10.9 Å². The van der Waals surface area contributed by atoms with Gasteiger partial charge in [0.25, 0.3) is 0 Å². The Bertz CT molecular complexity index is 611. The lowest BCUT2D eigenvalue weighted by molar-refractivity contribution is 0.630. The van der Waals surface area contributed by atoms with Crippen molar-refractivity contribution in [3.05, 3.63) is 41.9 Å². The second-order valence-electron chi connectivity index (χ2n) is 2.87. The van der Waals surface area contributed by atoms with Gasteiger partial charge in [0.05, 0.1) is 24.5 Å². The molecule has 2 aromatic rings. The predicted molar refractivity (Wildman–Crippen MR) is 67.3 cm³/mol. The van der Waals surface area contributed by atoms with Gasteiger partial charge in [0.1, 0.15) is 0 Å². The Labute approximate surface area is 108 Å². The van der Waals surface area contributed by atoms with Crippen molar-refractivity contribution >= 4 is 56.7 Å². The Balaban J connectivity index is 3.07. The fourth-order valence-corrected chi connectivity index (χ4v) is 2.22. The average molecular weight is 358 g/mol. The zero-order chi connectivity index (χ0) is 11.2. The van der Waals surface area contributed by atoms with E-state index in [0.29, 0.717) is 9.09 Å². The van der Waals surface area contributed by atoms with E-state index in [-0.39, 0.29) is 20.9 Å². The predicted octanol–water partition coefficient (Wildman–Crippen LogP) is 3.58. The summed E-state index contributed by atoms with van der Waals surface area (Å²) in [5.74, 6) is -0.765. The first-order valence-electron chi connectivity index (χ1n) is 3.86. The third-order valence-electron chi connectivity index (χ3n) is 1.96. The van der Waals surface area contributed by atoms with E-state index in [0.717, 1.165) is 0 Å². The number of nitrogens with one attached hydrogen (secondary N) is 1. The molecule has 0 fully saturated rings. The van der Waals surface area contributed by atoms with E-state index in [1.807, 2.05) is 22.6 Å². The van der Waals surface area contributed by atoms with E-state index in [1.54, 1.807) is 0 Å². The van der Waals surface area contributed by atoms with Crippen LogP contribution in [0.15, 0.2) is 17.1 Å². The van der Waals surface area contributed by atoms with E-state index >= 15 is 0 Å². The molecule has 1 aromatic carbocycles. The number of aromatic nitrogens is 1. The van der Waals surface area contributed by atoms with Crippen molar-refractivity contribution in [1.82, 2.24) is 4.98 Å². The summed E-state index contributed by atoms with van der Waals surface area (Å²) in [6.45, 7) is 0. The number of halogens is 4. The number of benzene rings is 1. The molecule has 0 spiro atoms. The minimum atomic E-state index is -0.765. The van der Waals surface area contributed by atoms with Crippen molar-refractivity contribution in [2.45, 2.75) is 0 Å². The number of H-pyrrole nitrogens is 1. The van der Waals surface area contributed by atoms with Gasteiger partial charge in [-0.3, -0.25) is 4.79 Å². The fraction of sp³-hybridized carbons (Fsp3) is 0. The van der Waals surface area contributed by atoms with Crippen LogP contribution < -0.4 is 5.43 Å². The van der Waals surface area contributed by atoms with Gasteiger partial charge < -0.3 is 4.98 Å². The van der Waals surface area contributed by atoms with Gasteiger partial charge in [0.2, 0.25) is 5.43 Å². The first-order valence-corrected chi connectivity index (χ1v) is 5.70. The Morgan fingerprint density at radius 3 is 2.73 bits per heavy atom. The van der Waals surface area contributed by atoms with Gasteiger partial charge in [-0.1, -0.05) is 23.2 Å². The quantitative estimate of drug-likeness (QED) is 0.567. The molecule has 0 aliphatic carbocycles. The first-order chi connectivity index (χ1) is 7.02. The molecular formula is C9H3Cl2FINO. The van der Waals surface area contributed by atoms with Crippen molar-refractivity contribution < 1.29 is 4.39 Å². The van der Waals surface area contributed by atoms with E-state index in [4.69, 9.17) is 23.2 Å². The van der Waals surface area contributed by atoms with Gasteiger partial charge in [0.15, 0.2) is 5.82 Å². The van der Waals surface area contributed by atoms with Crippen molar-refractivity contribution in [2.75, 3.05) is 0 Å². The summed E-state index contributed by atoms with van der Waals surface area (Å²) in [7, 11) is 0. The van der Waals surface area contributed by atoms with Crippen LogP contribution in [-0.2, 0) is 0 Å². The molecular weight excluding hydrogens is 355 g/mol. The first kappa shape index (κ1) is 11.2. The summed E-state index contributed by atoms with van der Waals surface area (Å²) in [5.41, 5.74) is 0.127. The van der Waals surface area contributed by atoms with E-state index < -0.39 is 5.82 Å². The molecule has 0 saturated heterocycles. The summed E-state index contributed by atoms with van der Waals surface area (Å²) < 4.78 is 13.8. The summed E-state index contributed by atoms with van der Waals surface area (Å²) in [6.07, 6.45) is 1.52. The molecule has 6 heteroatoms. The van der Waals surface area contributed by atoms with Crippen LogP contribution in [0.5, 0.6) is 0 Å². The van der Waals surface area contributed by atoms with E-state index in [9.17, 15) is 9.18 Å². The molecule has 78 valence electrons. The maximum Gasteiger partial charge on any atom is 0.204 e. The molecule has 0 aliphatic rings. The number of hydrogen-bond donors (Lipinski definition) is 1. The summed E-state index contributed by atoms with van der Waals surface area (Å²) >= 11 is 13.2.